The van der Waals surface area contributed by atoms with Crippen molar-refractivity contribution in [2.24, 2.45) is 7.05 Å². The van der Waals surface area contributed by atoms with Gasteiger partial charge in [-0.25, -0.2) is 8.93 Å². The number of hydrogen-bond donors (Lipinski definition) is 3. The summed E-state index contributed by atoms with van der Waals surface area (Å²) in [7, 11) is 1.50. The van der Waals surface area contributed by atoms with E-state index in [9.17, 15) is 18.9 Å². The molecule has 0 spiro atoms. The summed E-state index contributed by atoms with van der Waals surface area (Å²) in [4.78, 5) is 24.2. The molecule has 3 N–H and O–H groups in total. The average molecular weight is 335 g/mol. The second kappa shape index (κ2) is 7.21. The Balaban J connectivity index is 2.27. The average Bonchev–Trinajstić information content (AvgIpc) is 2.57. The Hall–Kier alpha value is -2.45. The van der Waals surface area contributed by atoms with Crippen molar-refractivity contribution in [2.75, 3.05) is 7.05 Å². The van der Waals surface area contributed by atoms with Crippen LogP contribution < -0.4 is 15.5 Å². The zero-order chi connectivity index (χ0) is 17.0. The second-order valence-corrected chi connectivity index (χ2v) is 6.04. The van der Waals surface area contributed by atoms with Crippen molar-refractivity contribution in [2.45, 2.75) is 11.4 Å². The van der Waals surface area contributed by atoms with E-state index in [2.05, 4.69) is 10.0 Å². The molecule has 0 radical (unpaired) electrons. The van der Waals surface area contributed by atoms with Crippen LogP contribution in [0.15, 0.2) is 46.1 Å². The van der Waals surface area contributed by atoms with Gasteiger partial charge in [0, 0.05) is 32.4 Å². The third-order valence-electron chi connectivity index (χ3n) is 3.31. The number of nitrogens with zero attached hydrogens (tertiary/aromatic N) is 1. The van der Waals surface area contributed by atoms with Gasteiger partial charge in [0.1, 0.15) is 11.0 Å². The first-order chi connectivity index (χ1) is 11.0. The number of pyridine rings is 1. The number of benzene rings is 1. The Morgan fingerprint density at radius 1 is 1.30 bits per heavy atom. The van der Waals surface area contributed by atoms with E-state index in [0.29, 0.717) is 10.6 Å². The molecule has 1 heterocycles. The molecule has 0 saturated carbocycles. The van der Waals surface area contributed by atoms with Crippen molar-refractivity contribution in [3.8, 4) is 5.75 Å². The molecule has 1 aromatic heterocycles. The number of amides is 1. The van der Waals surface area contributed by atoms with Crippen molar-refractivity contribution in [3.63, 3.8) is 0 Å². The van der Waals surface area contributed by atoms with Crippen LogP contribution in [0.5, 0.6) is 5.75 Å². The smallest absolute Gasteiger partial charge is 0.271 e. The van der Waals surface area contributed by atoms with Crippen molar-refractivity contribution in [3.05, 3.63) is 58.0 Å². The van der Waals surface area contributed by atoms with Crippen LogP contribution in [0.2, 0.25) is 0 Å². The van der Waals surface area contributed by atoms with Gasteiger partial charge in [-0.15, -0.1) is 0 Å². The molecular weight excluding hydrogens is 318 g/mol. The number of aromatic nitrogens is 1. The van der Waals surface area contributed by atoms with E-state index in [0.717, 1.165) is 0 Å². The number of aromatic hydroxyl groups is 1. The van der Waals surface area contributed by atoms with Gasteiger partial charge < -0.3 is 15.0 Å². The minimum absolute atomic E-state index is 0.0948. The first-order valence-electron chi connectivity index (χ1n) is 6.80. The summed E-state index contributed by atoms with van der Waals surface area (Å²) in [5.41, 5.74) is -0.373. The van der Waals surface area contributed by atoms with Crippen LogP contribution in [-0.4, -0.2) is 26.8 Å². The Kier molecular flexibility index (Phi) is 5.30. The van der Waals surface area contributed by atoms with Gasteiger partial charge in [-0.1, -0.05) is 18.2 Å². The molecule has 1 unspecified atom stereocenters. The van der Waals surface area contributed by atoms with E-state index < -0.39 is 28.1 Å². The fourth-order valence-electron chi connectivity index (χ4n) is 2.05. The van der Waals surface area contributed by atoms with Crippen molar-refractivity contribution >= 4 is 16.9 Å². The van der Waals surface area contributed by atoms with E-state index in [1.165, 1.54) is 17.7 Å². The van der Waals surface area contributed by atoms with E-state index in [1.807, 2.05) is 6.07 Å². The normalized spacial score (nSPS) is 11.9. The first-order valence-corrected chi connectivity index (χ1v) is 7.95. The van der Waals surface area contributed by atoms with E-state index in [-0.39, 0.29) is 12.2 Å². The lowest BCUT2D eigenvalue weighted by atomic mass is 10.2. The van der Waals surface area contributed by atoms with Gasteiger partial charge in [0.15, 0.2) is 11.4 Å². The summed E-state index contributed by atoms with van der Waals surface area (Å²) in [6.45, 7) is 0.0948. The van der Waals surface area contributed by atoms with Gasteiger partial charge in [-0.2, -0.15) is 0 Å². The third-order valence-corrected chi connectivity index (χ3v) is 4.41. The highest BCUT2D eigenvalue weighted by molar-refractivity contribution is 7.83. The summed E-state index contributed by atoms with van der Waals surface area (Å²) in [5, 5.41) is 12.2. The fraction of sp³-hybridized carbons (Fsp3) is 0.200. The molecule has 2 rings (SSSR count). The predicted octanol–water partition coefficient (Wildman–Crippen LogP) is 0.263. The largest absolute Gasteiger partial charge is 0.503 e. The molecule has 7 nitrogen and oxygen atoms in total. The summed E-state index contributed by atoms with van der Waals surface area (Å²) >= 11 is 0. The highest BCUT2D eigenvalue weighted by Crippen LogP contribution is 2.13. The summed E-state index contributed by atoms with van der Waals surface area (Å²) in [5.74, 6) is -1.19. The maximum atomic E-state index is 12.1. The number of nitrogens with one attached hydrogen (secondary N) is 2. The number of hydrogen-bond acceptors (Lipinski definition) is 4. The van der Waals surface area contributed by atoms with E-state index >= 15 is 0 Å². The van der Waals surface area contributed by atoms with Crippen LogP contribution in [-0.2, 0) is 24.6 Å². The molecule has 8 heteroatoms. The Morgan fingerprint density at radius 2 is 1.96 bits per heavy atom. The molecule has 1 amide bonds. The topological polar surface area (TPSA) is 100 Å². The summed E-state index contributed by atoms with van der Waals surface area (Å²) in [6, 6.07) is 10.0. The molecule has 1 aromatic carbocycles. The molecule has 0 aliphatic heterocycles. The van der Waals surface area contributed by atoms with Gasteiger partial charge in [0.2, 0.25) is 5.43 Å². The van der Waals surface area contributed by atoms with Gasteiger partial charge in [-0.3, -0.25) is 9.59 Å². The minimum atomic E-state index is -1.45. The Morgan fingerprint density at radius 3 is 2.57 bits per heavy atom. The van der Waals surface area contributed by atoms with Gasteiger partial charge in [-0.05, 0) is 12.1 Å². The minimum Gasteiger partial charge on any atom is -0.503 e. The maximum Gasteiger partial charge on any atom is 0.271 e. The van der Waals surface area contributed by atoms with Crippen molar-refractivity contribution in [1.82, 2.24) is 14.6 Å². The van der Waals surface area contributed by atoms with Crippen LogP contribution in [0.3, 0.4) is 0 Å². The predicted molar refractivity (Wildman–Crippen MR) is 86.4 cm³/mol. The zero-order valence-electron chi connectivity index (χ0n) is 12.7. The van der Waals surface area contributed by atoms with Crippen molar-refractivity contribution in [1.29, 1.82) is 0 Å². The zero-order valence-corrected chi connectivity index (χ0v) is 13.5. The number of carbonyl (C=O) groups is 1. The van der Waals surface area contributed by atoms with Gasteiger partial charge in [0.25, 0.3) is 5.91 Å². The quantitative estimate of drug-likeness (QED) is 0.730. The van der Waals surface area contributed by atoms with Crippen LogP contribution in [0.1, 0.15) is 16.2 Å². The number of rotatable bonds is 5. The van der Waals surface area contributed by atoms with E-state index in [4.69, 9.17) is 0 Å². The molecule has 2 aromatic rings. The molecule has 1 atom stereocenters. The molecule has 0 saturated heterocycles. The van der Waals surface area contributed by atoms with Crippen LogP contribution in [0.25, 0.3) is 0 Å². The molecule has 0 fully saturated rings. The van der Waals surface area contributed by atoms with Crippen LogP contribution in [0.4, 0.5) is 0 Å². The fourth-order valence-corrected chi connectivity index (χ4v) is 2.90. The molecular formula is C15H17N3O4S. The lowest BCUT2D eigenvalue weighted by molar-refractivity contribution is 0.0950. The van der Waals surface area contributed by atoms with Gasteiger partial charge >= 0.3 is 0 Å². The molecule has 122 valence electrons. The standard InChI is InChI=1S/C15H17N3O4S/c1-16-15(21)13-14(20)12(19)8-10(18(13)2)9-17-23(22)11-6-4-3-5-7-11/h3-8,17,20H,9H2,1-2H3,(H,16,21). The maximum absolute atomic E-state index is 12.1. The molecule has 23 heavy (non-hydrogen) atoms. The Labute approximate surface area is 135 Å². The monoisotopic (exact) mass is 335 g/mol. The highest BCUT2D eigenvalue weighted by Gasteiger charge is 2.18. The van der Waals surface area contributed by atoms with Crippen molar-refractivity contribution < 1.29 is 14.1 Å². The second-order valence-electron chi connectivity index (χ2n) is 4.74. The Bertz CT molecular complexity index is 802. The molecule has 0 aliphatic carbocycles. The lowest BCUT2D eigenvalue weighted by Gasteiger charge is -2.15. The SMILES string of the molecule is CNC(=O)c1c(O)c(=O)cc(CNS(=O)c2ccccc2)n1C. The third kappa shape index (κ3) is 3.66. The molecule has 0 aliphatic rings. The highest BCUT2D eigenvalue weighted by atomic mass is 32.2. The van der Waals surface area contributed by atoms with E-state index in [1.54, 1.807) is 31.3 Å². The number of carbonyl (C=O) groups excluding carboxylic acids is 1. The molecule has 0 bridgehead atoms. The lowest BCUT2D eigenvalue weighted by Crippen LogP contribution is -2.28. The summed E-state index contributed by atoms with van der Waals surface area (Å²) < 4.78 is 16.3. The van der Waals surface area contributed by atoms with Gasteiger partial charge in [0.05, 0.1) is 4.90 Å². The summed E-state index contributed by atoms with van der Waals surface area (Å²) in [6.07, 6.45) is 0. The van der Waals surface area contributed by atoms with Crippen LogP contribution >= 0.6 is 0 Å². The first kappa shape index (κ1) is 16.9. The van der Waals surface area contributed by atoms with Crippen LogP contribution in [0, 0.1) is 0 Å².